The van der Waals surface area contributed by atoms with Gasteiger partial charge in [0.05, 0.1) is 23.5 Å². The Kier molecular flexibility index (Phi) is 8.04. The zero-order chi connectivity index (χ0) is 26.6. The van der Waals surface area contributed by atoms with E-state index in [1.54, 1.807) is 12.1 Å². The second kappa shape index (κ2) is 11.6. The molecule has 3 aromatic rings. The number of hydrogen-bond acceptors (Lipinski definition) is 6. The molecule has 0 spiro atoms. The molecule has 2 aliphatic heterocycles. The van der Waals surface area contributed by atoms with Gasteiger partial charge in [-0.1, -0.05) is 23.7 Å². The van der Waals surface area contributed by atoms with Gasteiger partial charge in [0.2, 0.25) is 0 Å². The van der Waals surface area contributed by atoms with E-state index in [0.717, 1.165) is 43.6 Å². The van der Waals surface area contributed by atoms with E-state index in [4.69, 9.17) is 22.1 Å². The highest BCUT2D eigenvalue weighted by Crippen LogP contribution is 2.27. The molecule has 2 N–H and O–H groups in total. The van der Waals surface area contributed by atoms with Gasteiger partial charge < -0.3 is 20.3 Å². The van der Waals surface area contributed by atoms with Crippen LogP contribution >= 0.6 is 11.6 Å². The molecule has 2 aromatic carbocycles. The van der Waals surface area contributed by atoms with Crippen molar-refractivity contribution < 1.29 is 18.3 Å². The van der Waals surface area contributed by atoms with E-state index in [0.29, 0.717) is 17.3 Å². The van der Waals surface area contributed by atoms with Gasteiger partial charge in [-0.2, -0.15) is 0 Å². The van der Waals surface area contributed by atoms with Crippen LogP contribution in [-0.4, -0.2) is 64.5 Å². The summed E-state index contributed by atoms with van der Waals surface area (Å²) in [6, 6.07) is 9.80. The summed E-state index contributed by atoms with van der Waals surface area (Å²) in [4.78, 5) is 26.2. The van der Waals surface area contributed by atoms with E-state index < -0.39 is 11.6 Å². The van der Waals surface area contributed by atoms with Crippen LogP contribution in [0.3, 0.4) is 0 Å². The lowest BCUT2D eigenvalue weighted by Gasteiger charge is -2.36. The number of nitrogen functional groups attached to an aromatic ring is 1. The Bertz CT molecular complexity index is 1290. The maximum Gasteiger partial charge on any atom is 0.257 e. The Morgan fingerprint density at radius 2 is 1.71 bits per heavy atom. The predicted molar refractivity (Wildman–Crippen MR) is 142 cm³/mol. The fourth-order valence-electron chi connectivity index (χ4n) is 5.18. The van der Waals surface area contributed by atoms with E-state index in [9.17, 15) is 13.6 Å². The average molecular weight is 542 g/mol. The zero-order valence-corrected chi connectivity index (χ0v) is 21.8. The Balaban J connectivity index is 1.20. The molecule has 0 atom stereocenters. The van der Waals surface area contributed by atoms with Crippen molar-refractivity contribution in [2.24, 2.45) is 0 Å². The van der Waals surface area contributed by atoms with Crippen LogP contribution in [0.25, 0.3) is 11.3 Å². The lowest BCUT2D eigenvalue weighted by molar-refractivity contribution is 0.0644. The van der Waals surface area contributed by atoms with Gasteiger partial charge in [0.25, 0.3) is 11.8 Å². The molecule has 38 heavy (non-hydrogen) atoms. The van der Waals surface area contributed by atoms with Crippen molar-refractivity contribution in [1.82, 2.24) is 19.8 Å². The van der Waals surface area contributed by atoms with Crippen molar-refractivity contribution >= 4 is 23.3 Å². The number of benzene rings is 2. The molecule has 2 saturated heterocycles. The first-order valence-corrected chi connectivity index (χ1v) is 13.3. The molecule has 1 amide bonds. The van der Waals surface area contributed by atoms with Crippen LogP contribution in [0.4, 0.5) is 14.6 Å². The molecule has 10 heteroatoms. The molecule has 0 saturated carbocycles. The summed E-state index contributed by atoms with van der Waals surface area (Å²) in [7, 11) is 0. The molecule has 2 fully saturated rings. The summed E-state index contributed by atoms with van der Waals surface area (Å²) in [6.07, 6.45) is 6.14. The minimum absolute atomic E-state index is 0.0230. The number of carbonyl (C=O) groups excluding carboxylic acids is 1. The summed E-state index contributed by atoms with van der Waals surface area (Å²) < 4.78 is 33.3. The van der Waals surface area contributed by atoms with Crippen molar-refractivity contribution in [2.45, 2.75) is 38.1 Å². The molecule has 2 aliphatic rings. The topological polar surface area (TPSA) is 84.6 Å². The van der Waals surface area contributed by atoms with Crippen LogP contribution in [0.15, 0.2) is 42.6 Å². The summed E-state index contributed by atoms with van der Waals surface area (Å²) in [6.45, 7) is 3.89. The van der Waals surface area contributed by atoms with Crippen LogP contribution in [0.2, 0.25) is 5.02 Å². The third-order valence-corrected chi connectivity index (χ3v) is 7.74. The Labute approximate surface area is 225 Å². The number of anilines is 1. The average Bonchev–Trinajstić information content (AvgIpc) is 3.49. The highest BCUT2D eigenvalue weighted by atomic mass is 35.5. The van der Waals surface area contributed by atoms with Crippen molar-refractivity contribution in [3.05, 3.63) is 70.4 Å². The molecule has 5 rings (SSSR count). The Morgan fingerprint density at radius 1 is 1.03 bits per heavy atom. The number of hydrogen-bond donors (Lipinski definition) is 1. The highest BCUT2D eigenvalue weighted by Gasteiger charge is 2.28. The van der Waals surface area contributed by atoms with Gasteiger partial charge in [0.15, 0.2) is 5.82 Å². The first-order chi connectivity index (χ1) is 18.4. The highest BCUT2D eigenvalue weighted by molar-refractivity contribution is 6.31. The Morgan fingerprint density at radius 3 is 2.42 bits per heavy atom. The summed E-state index contributed by atoms with van der Waals surface area (Å²) in [5.41, 5.74) is 7.82. The van der Waals surface area contributed by atoms with Gasteiger partial charge in [0, 0.05) is 42.2 Å². The van der Waals surface area contributed by atoms with Gasteiger partial charge >= 0.3 is 0 Å². The number of halogens is 3. The number of rotatable bonds is 7. The van der Waals surface area contributed by atoms with Crippen molar-refractivity contribution in [3.63, 3.8) is 0 Å². The standard InChI is InChI=1S/C28H30ClF2N5O2/c29-25-21(22(30)7-8-23(25)31)11-16-38-27-26(32)33-17-24(34-27)18-3-5-19(6-4-18)28(37)36-14-9-20(10-15-36)35-12-1-2-13-35/h3-8,17,20H,1-2,9-16H2,(H2,32,33). The van der Waals surface area contributed by atoms with E-state index >= 15 is 0 Å². The largest absolute Gasteiger partial charge is 0.475 e. The SMILES string of the molecule is Nc1ncc(-c2ccc(C(=O)N3CCC(N4CCCC4)CC3)cc2)nc1OCCc1c(F)ccc(F)c1Cl. The quantitative estimate of drug-likeness (QED) is 0.425. The molecule has 0 unspecified atom stereocenters. The summed E-state index contributed by atoms with van der Waals surface area (Å²) in [5, 5.41) is -0.271. The van der Waals surface area contributed by atoms with E-state index in [1.165, 1.54) is 32.1 Å². The minimum Gasteiger partial charge on any atom is -0.475 e. The van der Waals surface area contributed by atoms with E-state index in [-0.39, 0.29) is 41.2 Å². The number of aromatic nitrogens is 2. The Hall–Kier alpha value is -3.30. The van der Waals surface area contributed by atoms with Crippen LogP contribution in [0, 0.1) is 11.6 Å². The van der Waals surface area contributed by atoms with Crippen molar-refractivity contribution in [1.29, 1.82) is 0 Å². The number of carbonyl (C=O) groups is 1. The molecule has 0 radical (unpaired) electrons. The van der Waals surface area contributed by atoms with Gasteiger partial charge in [-0.3, -0.25) is 4.79 Å². The molecule has 0 bridgehead atoms. The normalized spacial score (nSPS) is 16.7. The fourth-order valence-corrected chi connectivity index (χ4v) is 5.43. The van der Waals surface area contributed by atoms with E-state index in [1.807, 2.05) is 17.0 Å². The number of ether oxygens (including phenoxy) is 1. The zero-order valence-electron chi connectivity index (χ0n) is 21.0. The van der Waals surface area contributed by atoms with Gasteiger partial charge in [-0.25, -0.2) is 18.7 Å². The number of nitrogens with zero attached hydrogens (tertiary/aromatic N) is 4. The van der Waals surface area contributed by atoms with Crippen LogP contribution in [0.5, 0.6) is 5.88 Å². The summed E-state index contributed by atoms with van der Waals surface area (Å²) >= 11 is 5.88. The van der Waals surface area contributed by atoms with Crippen LogP contribution in [0.1, 0.15) is 41.6 Å². The summed E-state index contributed by atoms with van der Waals surface area (Å²) in [5.74, 6) is -1.12. The lowest BCUT2D eigenvalue weighted by atomic mass is 10.0. The monoisotopic (exact) mass is 541 g/mol. The van der Waals surface area contributed by atoms with Gasteiger partial charge in [0.1, 0.15) is 11.6 Å². The maximum atomic E-state index is 14.0. The molecule has 200 valence electrons. The molecule has 7 nitrogen and oxygen atoms in total. The molecule has 1 aromatic heterocycles. The van der Waals surface area contributed by atoms with Crippen molar-refractivity contribution in [3.8, 4) is 17.1 Å². The predicted octanol–water partition coefficient (Wildman–Crippen LogP) is 4.98. The molecular weight excluding hydrogens is 512 g/mol. The third kappa shape index (κ3) is 5.73. The van der Waals surface area contributed by atoms with E-state index in [2.05, 4.69) is 14.9 Å². The minimum atomic E-state index is -0.696. The maximum absolute atomic E-state index is 14.0. The number of likely N-dealkylation sites (tertiary alicyclic amines) is 2. The third-order valence-electron chi connectivity index (χ3n) is 7.33. The van der Waals surface area contributed by atoms with Crippen LogP contribution in [-0.2, 0) is 6.42 Å². The molecular formula is C28H30ClF2N5O2. The van der Waals surface area contributed by atoms with Crippen molar-refractivity contribution in [2.75, 3.05) is 38.5 Å². The molecule has 0 aliphatic carbocycles. The second-order valence-corrected chi connectivity index (χ2v) is 10.1. The van der Waals surface area contributed by atoms with Gasteiger partial charge in [-0.05, 0) is 63.0 Å². The van der Waals surface area contributed by atoms with Crippen LogP contribution < -0.4 is 10.5 Å². The van der Waals surface area contributed by atoms with Gasteiger partial charge in [-0.15, -0.1) is 0 Å². The lowest BCUT2D eigenvalue weighted by Crippen LogP contribution is -2.45. The number of amides is 1. The number of nitrogens with two attached hydrogens (primary N) is 1. The fraction of sp³-hybridized carbons (Fsp3) is 0.393. The second-order valence-electron chi connectivity index (χ2n) is 9.71. The number of piperidine rings is 1. The first kappa shape index (κ1) is 26.3. The first-order valence-electron chi connectivity index (χ1n) is 12.9. The smallest absolute Gasteiger partial charge is 0.257 e. The molecule has 3 heterocycles.